The molecule has 0 aliphatic carbocycles. The summed E-state index contributed by atoms with van der Waals surface area (Å²) < 4.78 is 15.3. The molecule has 1 N–H and O–H groups in total. The van der Waals surface area contributed by atoms with Gasteiger partial charge in [-0.3, -0.25) is 4.79 Å². The third kappa shape index (κ3) is 14.5. The van der Waals surface area contributed by atoms with Crippen molar-refractivity contribution in [3.63, 3.8) is 0 Å². The molecular weight excluding hydrogens is 436 g/mol. The topological polar surface area (TPSA) is 95.5 Å². The quantitative estimate of drug-likeness (QED) is 0.0983. The van der Waals surface area contributed by atoms with Crippen molar-refractivity contribution in [2.75, 3.05) is 26.9 Å². The average Bonchev–Trinajstić information content (AvgIpc) is 2.80. The molecule has 0 saturated heterocycles. The lowest BCUT2D eigenvalue weighted by Crippen LogP contribution is -2.32. The van der Waals surface area contributed by atoms with Crippen LogP contribution in [0.3, 0.4) is 0 Å². The van der Waals surface area contributed by atoms with Gasteiger partial charge in [0.25, 0.3) is 0 Å². The number of nitrogens with one attached hydrogen (secondary N) is 1. The number of carbonyl (C=O) groups is 2. The lowest BCUT2D eigenvalue weighted by Gasteiger charge is -2.14. The third-order valence-electron chi connectivity index (χ3n) is 5.09. The van der Waals surface area contributed by atoms with Gasteiger partial charge in [-0.05, 0) is 38.2 Å². The van der Waals surface area contributed by atoms with E-state index >= 15 is 0 Å². The number of esters is 1. The van der Waals surface area contributed by atoms with E-state index in [1.54, 1.807) is 7.11 Å². The van der Waals surface area contributed by atoms with Crippen LogP contribution in [-0.4, -0.2) is 50.9 Å². The van der Waals surface area contributed by atoms with Crippen LogP contribution in [0, 0.1) is 6.92 Å². The average molecular weight is 479 g/mol. The van der Waals surface area contributed by atoms with E-state index in [2.05, 4.69) is 17.4 Å². The molecule has 0 spiro atoms. The van der Waals surface area contributed by atoms with Crippen molar-refractivity contribution in [3.05, 3.63) is 35.4 Å². The van der Waals surface area contributed by atoms with Crippen molar-refractivity contribution < 1.29 is 28.6 Å². The maximum absolute atomic E-state index is 11.9. The number of hydrogen-bond acceptors (Lipinski definition) is 7. The molecule has 1 aromatic carbocycles. The van der Waals surface area contributed by atoms with Gasteiger partial charge in [0.1, 0.15) is 6.61 Å². The standard InChI is InChI=1S/C26H42N2O6/c1-5-6-7-8-9-13-25(29)33-22(3)34-26(30)27-18-20-32-28-24(12-10-11-19-31-4)23-16-14-21(2)15-17-23/h14-17,22H,5-13,18-20H2,1-4H3,(H,27,30)/b28-24+. The van der Waals surface area contributed by atoms with Crippen LogP contribution < -0.4 is 5.32 Å². The van der Waals surface area contributed by atoms with Crippen LogP contribution in [0.4, 0.5) is 4.79 Å². The molecule has 34 heavy (non-hydrogen) atoms. The van der Waals surface area contributed by atoms with E-state index in [1.807, 2.05) is 31.2 Å². The Bertz CT molecular complexity index is 721. The lowest BCUT2D eigenvalue weighted by molar-refractivity contribution is -0.165. The Morgan fingerprint density at radius 1 is 0.941 bits per heavy atom. The Hall–Kier alpha value is -2.61. The summed E-state index contributed by atoms with van der Waals surface area (Å²) in [6, 6.07) is 8.13. The largest absolute Gasteiger partial charge is 0.425 e. The predicted octanol–water partition coefficient (Wildman–Crippen LogP) is 5.51. The number of unbranched alkanes of at least 4 members (excludes halogenated alkanes) is 5. The summed E-state index contributed by atoms with van der Waals surface area (Å²) in [6.45, 7) is 6.82. The van der Waals surface area contributed by atoms with Crippen LogP contribution in [-0.2, 0) is 23.8 Å². The number of amides is 1. The SMILES string of the molecule is CCCCCCCC(=O)OC(C)OC(=O)NCCO/N=C(\CCCCOC)c1ccc(C)cc1. The van der Waals surface area contributed by atoms with E-state index in [0.29, 0.717) is 13.0 Å². The summed E-state index contributed by atoms with van der Waals surface area (Å²) in [4.78, 5) is 29.1. The van der Waals surface area contributed by atoms with E-state index in [1.165, 1.54) is 18.9 Å². The van der Waals surface area contributed by atoms with Gasteiger partial charge in [0, 0.05) is 27.1 Å². The van der Waals surface area contributed by atoms with Gasteiger partial charge in [0.15, 0.2) is 0 Å². The smallest absolute Gasteiger partial charge is 0.410 e. The van der Waals surface area contributed by atoms with Crippen molar-refractivity contribution in [2.24, 2.45) is 5.16 Å². The summed E-state index contributed by atoms with van der Waals surface area (Å²) in [5.74, 6) is -0.358. The fourth-order valence-corrected chi connectivity index (χ4v) is 3.18. The molecule has 0 fully saturated rings. The minimum absolute atomic E-state index is 0.189. The van der Waals surface area contributed by atoms with Crippen LogP contribution in [0.25, 0.3) is 0 Å². The maximum Gasteiger partial charge on any atom is 0.410 e. The normalized spacial score (nSPS) is 12.2. The summed E-state index contributed by atoms with van der Waals surface area (Å²) >= 11 is 0. The number of oxime groups is 1. The zero-order valence-corrected chi connectivity index (χ0v) is 21.3. The minimum atomic E-state index is -0.942. The van der Waals surface area contributed by atoms with Crippen molar-refractivity contribution in [3.8, 4) is 0 Å². The number of nitrogens with zero attached hydrogens (tertiary/aromatic N) is 1. The first kappa shape index (κ1) is 29.4. The Morgan fingerprint density at radius 2 is 1.65 bits per heavy atom. The van der Waals surface area contributed by atoms with E-state index in [0.717, 1.165) is 56.2 Å². The number of benzene rings is 1. The molecule has 8 heteroatoms. The highest BCUT2D eigenvalue weighted by Crippen LogP contribution is 2.11. The first-order chi connectivity index (χ1) is 16.5. The Labute approximate surface area is 204 Å². The van der Waals surface area contributed by atoms with E-state index in [-0.39, 0.29) is 19.1 Å². The molecule has 0 aliphatic rings. The van der Waals surface area contributed by atoms with Crippen molar-refractivity contribution >= 4 is 17.8 Å². The van der Waals surface area contributed by atoms with Crippen LogP contribution in [0.5, 0.6) is 0 Å². The Kier molecular flexibility index (Phi) is 16.2. The second kappa shape index (κ2) is 18.8. The van der Waals surface area contributed by atoms with Gasteiger partial charge in [-0.2, -0.15) is 0 Å². The van der Waals surface area contributed by atoms with Gasteiger partial charge in [-0.1, -0.05) is 67.6 Å². The first-order valence-electron chi connectivity index (χ1n) is 12.3. The number of hydrogen-bond donors (Lipinski definition) is 1. The second-order valence-corrected chi connectivity index (χ2v) is 8.24. The molecular formula is C26H42N2O6. The first-order valence-corrected chi connectivity index (χ1v) is 12.3. The third-order valence-corrected chi connectivity index (χ3v) is 5.09. The molecule has 1 aromatic rings. The molecule has 1 amide bonds. The monoisotopic (exact) mass is 478 g/mol. The van der Waals surface area contributed by atoms with Gasteiger partial charge < -0.3 is 24.4 Å². The number of aryl methyl sites for hydroxylation is 1. The molecule has 1 unspecified atom stereocenters. The van der Waals surface area contributed by atoms with Crippen molar-refractivity contribution in [1.29, 1.82) is 0 Å². The van der Waals surface area contributed by atoms with Gasteiger partial charge in [0.2, 0.25) is 6.29 Å². The van der Waals surface area contributed by atoms with Crippen LogP contribution in [0.2, 0.25) is 0 Å². The number of alkyl carbamates (subject to hydrolysis) is 1. The molecule has 8 nitrogen and oxygen atoms in total. The zero-order valence-electron chi connectivity index (χ0n) is 21.3. The van der Waals surface area contributed by atoms with Gasteiger partial charge >= 0.3 is 12.1 Å². The van der Waals surface area contributed by atoms with Crippen molar-refractivity contribution in [1.82, 2.24) is 5.32 Å². The summed E-state index contributed by atoms with van der Waals surface area (Å²) in [5.41, 5.74) is 3.04. The van der Waals surface area contributed by atoms with Crippen LogP contribution >= 0.6 is 0 Å². The molecule has 192 valence electrons. The summed E-state index contributed by atoms with van der Waals surface area (Å²) in [7, 11) is 1.69. The molecule has 0 heterocycles. The van der Waals surface area contributed by atoms with E-state index in [4.69, 9.17) is 19.0 Å². The maximum atomic E-state index is 11.9. The molecule has 1 rings (SSSR count). The Balaban J connectivity index is 2.32. The molecule has 1 atom stereocenters. The lowest BCUT2D eigenvalue weighted by atomic mass is 10.0. The fourth-order valence-electron chi connectivity index (χ4n) is 3.18. The number of ether oxygens (including phenoxy) is 3. The van der Waals surface area contributed by atoms with E-state index < -0.39 is 12.4 Å². The van der Waals surface area contributed by atoms with Gasteiger partial charge in [0.05, 0.1) is 12.3 Å². The van der Waals surface area contributed by atoms with Gasteiger partial charge in [-0.15, -0.1) is 0 Å². The molecule has 0 saturated carbocycles. The summed E-state index contributed by atoms with van der Waals surface area (Å²) in [5, 5.41) is 6.85. The number of rotatable bonds is 18. The molecule has 0 aromatic heterocycles. The van der Waals surface area contributed by atoms with E-state index in [9.17, 15) is 9.59 Å². The highest BCUT2D eigenvalue weighted by molar-refractivity contribution is 6.00. The minimum Gasteiger partial charge on any atom is -0.425 e. The predicted molar refractivity (Wildman–Crippen MR) is 133 cm³/mol. The highest BCUT2D eigenvalue weighted by Gasteiger charge is 2.13. The highest BCUT2D eigenvalue weighted by atomic mass is 16.7. The summed E-state index contributed by atoms with van der Waals surface area (Å²) in [6.07, 6.45) is 6.59. The van der Waals surface area contributed by atoms with Crippen LogP contribution in [0.1, 0.15) is 82.8 Å². The Morgan fingerprint density at radius 3 is 2.35 bits per heavy atom. The molecule has 0 bridgehead atoms. The number of carbonyl (C=O) groups excluding carboxylic acids is 2. The van der Waals surface area contributed by atoms with Crippen LogP contribution in [0.15, 0.2) is 29.4 Å². The van der Waals surface area contributed by atoms with Gasteiger partial charge in [-0.25, -0.2) is 4.79 Å². The molecule has 0 aliphatic heterocycles. The molecule has 0 radical (unpaired) electrons. The van der Waals surface area contributed by atoms with Crippen molar-refractivity contribution in [2.45, 2.75) is 84.8 Å². The fraction of sp³-hybridized carbons (Fsp3) is 0.654. The number of methoxy groups -OCH3 is 1. The zero-order chi connectivity index (χ0) is 25.0. The second-order valence-electron chi connectivity index (χ2n) is 8.24.